The van der Waals surface area contributed by atoms with Gasteiger partial charge in [0.05, 0.1) is 0 Å². The first-order valence-corrected chi connectivity index (χ1v) is 9.35. The molecule has 5 heteroatoms. The van der Waals surface area contributed by atoms with Crippen LogP contribution in [-0.4, -0.2) is 24.4 Å². The molecular formula is C19H18BrFINO. The number of carbonyl (C=O) groups is 1. The summed E-state index contributed by atoms with van der Waals surface area (Å²) < 4.78 is 15.0. The Balaban J connectivity index is 2.17. The summed E-state index contributed by atoms with van der Waals surface area (Å²) in [6, 6.07) is 12.1. The fourth-order valence-corrected chi connectivity index (χ4v) is 4.16. The van der Waals surface area contributed by atoms with E-state index in [0.717, 1.165) is 20.0 Å². The lowest BCUT2D eigenvalue weighted by molar-refractivity contribution is 0.0786. The van der Waals surface area contributed by atoms with Crippen LogP contribution in [0, 0.1) is 9.39 Å². The van der Waals surface area contributed by atoms with Gasteiger partial charge in [-0.25, -0.2) is 4.39 Å². The SMILES string of the molecule is C=CCC(CN(C)C(=O)c1cc(Br)cc(I)c1)c1ccc(F)cc1. The monoisotopic (exact) mass is 501 g/mol. The van der Waals surface area contributed by atoms with Crippen LogP contribution in [0.25, 0.3) is 0 Å². The zero-order valence-corrected chi connectivity index (χ0v) is 17.1. The van der Waals surface area contributed by atoms with E-state index in [1.54, 1.807) is 24.1 Å². The average Bonchev–Trinajstić information content (AvgIpc) is 2.53. The van der Waals surface area contributed by atoms with Gasteiger partial charge >= 0.3 is 0 Å². The standard InChI is InChI=1S/C19H18BrFINO/c1-3-4-14(13-5-7-17(21)8-6-13)12-23(2)19(24)15-9-16(20)11-18(22)10-15/h3,5-11,14H,1,4,12H2,2H3. The second kappa shape index (κ2) is 8.76. The summed E-state index contributed by atoms with van der Waals surface area (Å²) in [6.45, 7) is 4.33. The number of rotatable bonds is 6. The van der Waals surface area contributed by atoms with E-state index in [1.165, 1.54) is 12.1 Å². The van der Waals surface area contributed by atoms with E-state index in [4.69, 9.17) is 0 Å². The summed E-state index contributed by atoms with van der Waals surface area (Å²) in [4.78, 5) is 14.4. The molecule has 2 rings (SSSR count). The lowest BCUT2D eigenvalue weighted by atomic mass is 9.95. The molecule has 2 aromatic carbocycles. The maximum atomic E-state index is 13.1. The van der Waals surface area contributed by atoms with Crippen LogP contribution in [-0.2, 0) is 0 Å². The Hall–Kier alpha value is -1.21. The second-order valence-electron chi connectivity index (χ2n) is 5.62. The predicted molar refractivity (Wildman–Crippen MR) is 108 cm³/mol. The van der Waals surface area contributed by atoms with Gasteiger partial charge in [-0.1, -0.05) is 34.1 Å². The van der Waals surface area contributed by atoms with Gasteiger partial charge in [0.15, 0.2) is 0 Å². The van der Waals surface area contributed by atoms with Crippen LogP contribution in [0.4, 0.5) is 4.39 Å². The van der Waals surface area contributed by atoms with Gasteiger partial charge in [-0.2, -0.15) is 0 Å². The summed E-state index contributed by atoms with van der Waals surface area (Å²) in [7, 11) is 1.79. The number of amides is 1. The van der Waals surface area contributed by atoms with E-state index in [1.807, 2.05) is 24.3 Å². The first-order chi connectivity index (χ1) is 11.4. The Bertz CT molecular complexity index is 712. The van der Waals surface area contributed by atoms with Crippen molar-refractivity contribution in [3.63, 3.8) is 0 Å². The van der Waals surface area contributed by atoms with Gasteiger partial charge in [-0.15, -0.1) is 6.58 Å². The van der Waals surface area contributed by atoms with Crippen molar-refractivity contribution in [2.75, 3.05) is 13.6 Å². The highest BCUT2D eigenvalue weighted by Crippen LogP contribution is 2.23. The normalized spacial score (nSPS) is 11.8. The van der Waals surface area contributed by atoms with Crippen LogP contribution in [0.15, 0.2) is 59.6 Å². The van der Waals surface area contributed by atoms with Crippen molar-refractivity contribution >= 4 is 44.4 Å². The second-order valence-corrected chi connectivity index (χ2v) is 7.78. The third kappa shape index (κ3) is 5.14. The van der Waals surface area contributed by atoms with Crippen LogP contribution < -0.4 is 0 Å². The molecule has 2 nitrogen and oxygen atoms in total. The average molecular weight is 502 g/mol. The fourth-order valence-electron chi connectivity index (χ4n) is 2.56. The highest BCUT2D eigenvalue weighted by Gasteiger charge is 2.18. The molecule has 0 aromatic heterocycles. The van der Waals surface area contributed by atoms with Crippen molar-refractivity contribution < 1.29 is 9.18 Å². The molecule has 0 radical (unpaired) electrons. The summed E-state index contributed by atoms with van der Waals surface area (Å²) in [5.74, 6) is -0.210. The van der Waals surface area contributed by atoms with E-state index in [-0.39, 0.29) is 17.6 Å². The molecule has 0 N–H and O–H groups in total. The van der Waals surface area contributed by atoms with Crippen molar-refractivity contribution in [1.82, 2.24) is 4.90 Å². The van der Waals surface area contributed by atoms with Crippen LogP contribution in [0.2, 0.25) is 0 Å². The summed E-state index contributed by atoms with van der Waals surface area (Å²) >= 11 is 5.61. The van der Waals surface area contributed by atoms with Crippen LogP contribution in [0.3, 0.4) is 0 Å². The first-order valence-electron chi connectivity index (χ1n) is 7.48. The Morgan fingerprint density at radius 2 is 2.00 bits per heavy atom. The third-order valence-electron chi connectivity index (χ3n) is 3.74. The maximum Gasteiger partial charge on any atom is 0.253 e. The molecule has 0 saturated carbocycles. The number of halogens is 3. The van der Waals surface area contributed by atoms with E-state index in [2.05, 4.69) is 45.1 Å². The first kappa shape index (κ1) is 19.1. The highest BCUT2D eigenvalue weighted by molar-refractivity contribution is 14.1. The molecular weight excluding hydrogens is 484 g/mol. The van der Waals surface area contributed by atoms with Gasteiger partial charge in [-0.05, 0) is 64.9 Å². The molecule has 0 spiro atoms. The lowest BCUT2D eigenvalue weighted by Crippen LogP contribution is -2.31. The Labute approximate surface area is 164 Å². The lowest BCUT2D eigenvalue weighted by Gasteiger charge is -2.24. The van der Waals surface area contributed by atoms with Crippen LogP contribution >= 0.6 is 38.5 Å². The Morgan fingerprint density at radius 3 is 2.58 bits per heavy atom. The topological polar surface area (TPSA) is 20.3 Å². The quantitative estimate of drug-likeness (QED) is 0.371. The van der Waals surface area contributed by atoms with Crippen molar-refractivity contribution in [3.05, 3.63) is 80.1 Å². The van der Waals surface area contributed by atoms with Gasteiger partial charge in [0.2, 0.25) is 0 Å². The summed E-state index contributed by atoms with van der Waals surface area (Å²) in [5.41, 5.74) is 1.65. The molecule has 1 unspecified atom stereocenters. The number of carbonyl (C=O) groups excluding carboxylic acids is 1. The molecule has 126 valence electrons. The number of likely N-dealkylation sites (N-methyl/N-ethyl adjacent to an activating group) is 1. The number of nitrogens with zero attached hydrogens (tertiary/aromatic N) is 1. The van der Waals surface area contributed by atoms with Gasteiger partial charge in [0.25, 0.3) is 5.91 Å². The molecule has 0 saturated heterocycles. The number of benzene rings is 2. The zero-order valence-electron chi connectivity index (χ0n) is 13.3. The maximum absolute atomic E-state index is 13.1. The van der Waals surface area contributed by atoms with Crippen molar-refractivity contribution in [2.24, 2.45) is 0 Å². The molecule has 0 aliphatic rings. The third-order valence-corrected chi connectivity index (χ3v) is 4.82. The van der Waals surface area contributed by atoms with Gasteiger partial charge in [-0.3, -0.25) is 4.79 Å². The minimum atomic E-state index is -0.260. The Morgan fingerprint density at radius 1 is 1.33 bits per heavy atom. The number of allylic oxidation sites excluding steroid dienone is 1. The van der Waals surface area contributed by atoms with Crippen LogP contribution in [0.5, 0.6) is 0 Å². The smallest absolute Gasteiger partial charge is 0.253 e. The van der Waals surface area contributed by atoms with E-state index < -0.39 is 0 Å². The molecule has 0 aliphatic carbocycles. The number of hydrogen-bond acceptors (Lipinski definition) is 1. The Kier molecular flexibility index (Phi) is 6.98. The molecule has 0 bridgehead atoms. The molecule has 2 aromatic rings. The number of hydrogen-bond donors (Lipinski definition) is 0. The van der Waals surface area contributed by atoms with Crippen molar-refractivity contribution in [1.29, 1.82) is 0 Å². The highest BCUT2D eigenvalue weighted by atomic mass is 127. The summed E-state index contributed by atoms with van der Waals surface area (Å²) in [5, 5.41) is 0. The zero-order chi connectivity index (χ0) is 17.7. The predicted octanol–water partition coefficient (Wildman–Crippen LogP) is 5.62. The molecule has 0 fully saturated rings. The van der Waals surface area contributed by atoms with Crippen molar-refractivity contribution in [2.45, 2.75) is 12.3 Å². The van der Waals surface area contributed by atoms with E-state index in [9.17, 15) is 9.18 Å². The molecule has 1 atom stereocenters. The molecule has 0 heterocycles. The van der Waals surface area contributed by atoms with E-state index in [0.29, 0.717) is 12.1 Å². The van der Waals surface area contributed by atoms with Crippen molar-refractivity contribution in [3.8, 4) is 0 Å². The van der Waals surface area contributed by atoms with Crippen LogP contribution in [0.1, 0.15) is 28.3 Å². The van der Waals surface area contributed by atoms with Gasteiger partial charge < -0.3 is 4.90 Å². The molecule has 1 amide bonds. The molecule has 24 heavy (non-hydrogen) atoms. The van der Waals surface area contributed by atoms with Gasteiger partial charge in [0, 0.05) is 33.1 Å². The summed E-state index contributed by atoms with van der Waals surface area (Å²) in [6.07, 6.45) is 2.55. The minimum Gasteiger partial charge on any atom is -0.341 e. The fraction of sp³-hybridized carbons (Fsp3) is 0.211. The van der Waals surface area contributed by atoms with E-state index >= 15 is 0 Å². The van der Waals surface area contributed by atoms with Gasteiger partial charge in [0.1, 0.15) is 5.82 Å². The molecule has 0 aliphatic heterocycles. The largest absolute Gasteiger partial charge is 0.341 e. The minimum absolute atomic E-state index is 0.0367.